The molecule has 0 spiro atoms. The molecule has 0 saturated heterocycles. The number of benzene rings is 1. The normalized spacial score (nSPS) is 16.5. The topological polar surface area (TPSA) is 0 Å². The molecule has 0 bridgehead atoms. The van der Waals surface area contributed by atoms with Gasteiger partial charge in [-0.3, -0.25) is 0 Å². The van der Waals surface area contributed by atoms with E-state index in [0.717, 1.165) is 5.92 Å². The van der Waals surface area contributed by atoms with Crippen LogP contribution < -0.4 is 0 Å². The average Bonchev–Trinajstić information content (AvgIpc) is 2.89. The zero-order valence-corrected chi connectivity index (χ0v) is 8.59. The van der Waals surface area contributed by atoms with Crippen LogP contribution in [0.1, 0.15) is 43.7 Å². The Balaban J connectivity index is 2.20. The van der Waals surface area contributed by atoms with Crippen molar-refractivity contribution in [1.29, 1.82) is 0 Å². The third kappa shape index (κ3) is 2.12. The van der Waals surface area contributed by atoms with Crippen molar-refractivity contribution in [3.8, 4) is 0 Å². The predicted octanol–water partition coefficient (Wildman–Crippen LogP) is 3.76. The third-order valence-electron chi connectivity index (χ3n) is 2.88. The highest BCUT2D eigenvalue weighted by Gasteiger charge is 2.22. The van der Waals surface area contributed by atoms with Crippen molar-refractivity contribution in [2.45, 2.75) is 39.0 Å². The molecular weight excluding hydrogens is 156 g/mol. The first-order valence-electron chi connectivity index (χ1n) is 5.35. The van der Waals surface area contributed by atoms with E-state index in [0.29, 0.717) is 5.92 Å². The first kappa shape index (κ1) is 8.80. The van der Waals surface area contributed by atoms with Crippen molar-refractivity contribution < 1.29 is 0 Å². The molecule has 0 aromatic heterocycles. The smallest absolute Gasteiger partial charge is 0.0216 e. The zero-order valence-electron chi connectivity index (χ0n) is 8.59. The zero-order chi connectivity index (χ0) is 9.26. The van der Waals surface area contributed by atoms with Crippen molar-refractivity contribution >= 4 is 0 Å². The van der Waals surface area contributed by atoms with Crippen LogP contribution in [-0.4, -0.2) is 0 Å². The maximum Gasteiger partial charge on any atom is -0.0216 e. The Hall–Kier alpha value is -0.780. The highest BCUT2D eigenvalue weighted by Crippen LogP contribution is 2.34. The average molecular weight is 174 g/mol. The van der Waals surface area contributed by atoms with Crippen LogP contribution in [0.3, 0.4) is 0 Å². The van der Waals surface area contributed by atoms with E-state index in [-0.39, 0.29) is 0 Å². The van der Waals surface area contributed by atoms with Crippen LogP contribution in [0.5, 0.6) is 0 Å². The molecular formula is C13H18. The van der Waals surface area contributed by atoms with E-state index in [9.17, 15) is 0 Å². The van der Waals surface area contributed by atoms with Gasteiger partial charge in [-0.2, -0.15) is 0 Å². The van der Waals surface area contributed by atoms with Gasteiger partial charge < -0.3 is 0 Å². The summed E-state index contributed by atoms with van der Waals surface area (Å²) in [7, 11) is 0. The number of hydrogen-bond acceptors (Lipinski definition) is 0. The van der Waals surface area contributed by atoms with Gasteiger partial charge in [-0.1, -0.05) is 38.1 Å². The molecule has 0 nitrogen and oxygen atoms in total. The van der Waals surface area contributed by atoms with Crippen molar-refractivity contribution in [3.05, 3.63) is 35.4 Å². The molecule has 2 rings (SSSR count). The lowest BCUT2D eigenvalue weighted by atomic mass is 9.94. The van der Waals surface area contributed by atoms with Gasteiger partial charge in [-0.15, -0.1) is 0 Å². The van der Waals surface area contributed by atoms with Gasteiger partial charge >= 0.3 is 0 Å². The fourth-order valence-corrected chi connectivity index (χ4v) is 1.92. The molecule has 0 unspecified atom stereocenters. The van der Waals surface area contributed by atoms with Crippen LogP contribution >= 0.6 is 0 Å². The second-order valence-electron chi connectivity index (χ2n) is 4.50. The highest BCUT2D eigenvalue weighted by atomic mass is 14.3. The minimum atomic E-state index is 0.676. The fourth-order valence-electron chi connectivity index (χ4n) is 1.92. The molecule has 13 heavy (non-hydrogen) atoms. The molecule has 1 aliphatic carbocycles. The monoisotopic (exact) mass is 174 g/mol. The minimum absolute atomic E-state index is 0.676. The largest absolute Gasteiger partial charge is 0.0620 e. The van der Waals surface area contributed by atoms with Gasteiger partial charge in [0.2, 0.25) is 0 Å². The molecule has 0 atom stereocenters. The second-order valence-corrected chi connectivity index (χ2v) is 4.50. The summed E-state index contributed by atoms with van der Waals surface area (Å²) in [5, 5.41) is 0. The summed E-state index contributed by atoms with van der Waals surface area (Å²) in [6.07, 6.45) is 4.22. The quantitative estimate of drug-likeness (QED) is 0.654. The summed E-state index contributed by atoms with van der Waals surface area (Å²) in [5.41, 5.74) is 3.13. The summed E-state index contributed by atoms with van der Waals surface area (Å²) < 4.78 is 0. The van der Waals surface area contributed by atoms with Gasteiger partial charge in [0.25, 0.3) is 0 Å². The van der Waals surface area contributed by atoms with Crippen LogP contribution in [0, 0.1) is 5.92 Å². The van der Waals surface area contributed by atoms with Crippen LogP contribution in [0.25, 0.3) is 0 Å². The van der Waals surface area contributed by atoms with Crippen LogP contribution in [0.15, 0.2) is 24.3 Å². The predicted molar refractivity (Wildman–Crippen MR) is 57.0 cm³/mol. The molecule has 0 heterocycles. The van der Waals surface area contributed by atoms with E-state index >= 15 is 0 Å². The molecule has 70 valence electrons. The van der Waals surface area contributed by atoms with Crippen LogP contribution in [0.2, 0.25) is 0 Å². The van der Waals surface area contributed by atoms with E-state index in [1.807, 2.05) is 0 Å². The van der Waals surface area contributed by atoms with Gasteiger partial charge in [0.15, 0.2) is 0 Å². The molecule has 1 aliphatic rings. The molecule has 1 saturated carbocycles. The maximum absolute atomic E-state index is 2.30. The second kappa shape index (κ2) is 3.53. The summed E-state index contributed by atoms with van der Waals surface area (Å²) in [6.45, 7) is 4.57. The molecule has 0 N–H and O–H groups in total. The van der Waals surface area contributed by atoms with E-state index in [2.05, 4.69) is 38.1 Å². The van der Waals surface area contributed by atoms with E-state index in [1.54, 1.807) is 11.1 Å². The summed E-state index contributed by atoms with van der Waals surface area (Å²) >= 11 is 0. The van der Waals surface area contributed by atoms with E-state index in [4.69, 9.17) is 0 Å². The molecule has 1 fully saturated rings. The summed E-state index contributed by atoms with van der Waals surface area (Å²) in [4.78, 5) is 0. The van der Waals surface area contributed by atoms with Gasteiger partial charge in [-0.05, 0) is 42.2 Å². The van der Waals surface area contributed by atoms with Crippen LogP contribution in [-0.2, 0) is 6.42 Å². The summed E-state index contributed by atoms with van der Waals surface area (Å²) in [6, 6.07) is 8.91. The van der Waals surface area contributed by atoms with Crippen molar-refractivity contribution in [3.63, 3.8) is 0 Å². The fraction of sp³-hybridized carbons (Fsp3) is 0.538. The Morgan fingerprint density at radius 3 is 2.54 bits per heavy atom. The SMILES string of the molecule is CC(C)c1ccccc1CC1CC1. The Morgan fingerprint density at radius 1 is 1.23 bits per heavy atom. The standard InChI is InChI=1S/C13H18/c1-10(2)13-6-4-3-5-12(13)9-11-7-8-11/h3-6,10-11H,7-9H2,1-2H3. The Morgan fingerprint density at radius 2 is 1.92 bits per heavy atom. The lowest BCUT2D eigenvalue weighted by Crippen LogP contribution is -1.96. The molecule has 0 radical (unpaired) electrons. The van der Waals surface area contributed by atoms with Crippen molar-refractivity contribution in [2.75, 3.05) is 0 Å². The van der Waals surface area contributed by atoms with E-state index in [1.165, 1.54) is 19.3 Å². The Kier molecular flexibility index (Phi) is 2.39. The Bertz CT molecular complexity index is 282. The first-order valence-corrected chi connectivity index (χ1v) is 5.35. The van der Waals surface area contributed by atoms with Gasteiger partial charge in [0.05, 0.1) is 0 Å². The molecule has 1 aromatic carbocycles. The van der Waals surface area contributed by atoms with Crippen molar-refractivity contribution in [2.24, 2.45) is 5.92 Å². The first-order chi connectivity index (χ1) is 6.27. The lowest BCUT2D eigenvalue weighted by Gasteiger charge is -2.11. The third-order valence-corrected chi connectivity index (χ3v) is 2.88. The molecule has 0 heteroatoms. The van der Waals surface area contributed by atoms with E-state index < -0.39 is 0 Å². The lowest BCUT2D eigenvalue weighted by molar-refractivity contribution is 0.784. The Labute approximate surface area is 81.0 Å². The number of hydrogen-bond donors (Lipinski definition) is 0. The van der Waals surface area contributed by atoms with Gasteiger partial charge in [0, 0.05) is 0 Å². The summed E-state index contributed by atoms with van der Waals surface area (Å²) in [5.74, 6) is 1.68. The number of rotatable bonds is 3. The molecule has 0 amide bonds. The highest BCUT2D eigenvalue weighted by molar-refractivity contribution is 5.30. The molecule has 0 aliphatic heterocycles. The van der Waals surface area contributed by atoms with Crippen molar-refractivity contribution in [1.82, 2.24) is 0 Å². The minimum Gasteiger partial charge on any atom is -0.0620 e. The maximum atomic E-state index is 2.30. The molecule has 1 aromatic rings. The van der Waals surface area contributed by atoms with Gasteiger partial charge in [0.1, 0.15) is 0 Å². The van der Waals surface area contributed by atoms with Crippen LogP contribution in [0.4, 0.5) is 0 Å². The van der Waals surface area contributed by atoms with Gasteiger partial charge in [-0.25, -0.2) is 0 Å².